The number of carboxylic acid groups (broad SMARTS) is 1. The maximum atomic E-state index is 13.1. The molecule has 15 heteroatoms. The summed E-state index contributed by atoms with van der Waals surface area (Å²) in [7, 11) is 5.36. The molecule has 63 heavy (non-hydrogen) atoms. The van der Waals surface area contributed by atoms with E-state index in [2.05, 4.69) is 26.2 Å². The fraction of sp³-hybridized carbons (Fsp3) is 0.271. The number of hydrogen-bond acceptors (Lipinski definition) is 13. The van der Waals surface area contributed by atoms with Gasteiger partial charge in [-0.1, -0.05) is 60.1 Å². The van der Waals surface area contributed by atoms with Gasteiger partial charge in [-0.3, -0.25) is 9.88 Å². The van der Waals surface area contributed by atoms with Gasteiger partial charge in [-0.2, -0.15) is 4.37 Å². The molecule has 324 valence electrons. The van der Waals surface area contributed by atoms with E-state index in [0.29, 0.717) is 73.1 Å². The van der Waals surface area contributed by atoms with Crippen molar-refractivity contribution in [1.82, 2.24) is 29.1 Å². The Hall–Kier alpha value is -6.32. The fourth-order valence-electron chi connectivity index (χ4n) is 7.56. The van der Waals surface area contributed by atoms with E-state index in [1.54, 1.807) is 38.7 Å². The number of hydrogen-bond donors (Lipinski definition) is 1. The highest BCUT2D eigenvalue weighted by atomic mass is 35.5. The molecule has 1 fully saturated rings. The summed E-state index contributed by atoms with van der Waals surface area (Å²) in [6.45, 7) is 7.39. The molecule has 0 spiro atoms. The number of piperazine rings is 1. The van der Waals surface area contributed by atoms with Crippen molar-refractivity contribution < 1.29 is 33.6 Å². The first-order valence-electron chi connectivity index (χ1n) is 20.5. The predicted molar refractivity (Wildman–Crippen MR) is 245 cm³/mol. The summed E-state index contributed by atoms with van der Waals surface area (Å²) in [5, 5.41) is 11.7. The molecular weight excluding hydrogens is 840 g/mol. The molecule has 13 nitrogen and oxygen atoms in total. The number of carboxylic acids is 1. The second-order valence-electron chi connectivity index (χ2n) is 15.1. The number of halogens is 1. The van der Waals surface area contributed by atoms with Gasteiger partial charge in [-0.05, 0) is 84.7 Å². The third-order valence-corrected chi connectivity index (χ3v) is 12.3. The van der Waals surface area contributed by atoms with E-state index in [0.717, 1.165) is 55.0 Å². The maximum absolute atomic E-state index is 13.1. The molecule has 4 heterocycles. The molecular formula is C48H47ClN6O7S. The number of methoxy groups -OCH3 is 2. The van der Waals surface area contributed by atoms with Crippen LogP contribution in [0.3, 0.4) is 0 Å². The summed E-state index contributed by atoms with van der Waals surface area (Å²) in [5.74, 6) is 1.89. The molecule has 1 saturated heterocycles. The van der Waals surface area contributed by atoms with E-state index < -0.39 is 12.1 Å². The summed E-state index contributed by atoms with van der Waals surface area (Å²) in [6.07, 6.45) is 2.05. The molecule has 0 bridgehead atoms. The molecule has 0 amide bonds. The van der Waals surface area contributed by atoms with Crippen LogP contribution in [0.15, 0.2) is 103 Å². The lowest BCUT2D eigenvalue weighted by Crippen LogP contribution is -2.45. The third-order valence-electron chi connectivity index (χ3n) is 11.1. The number of pyridine rings is 1. The largest absolute Gasteiger partial charge is 0.497 e. The lowest BCUT2D eigenvalue weighted by molar-refractivity contribution is -0.145. The summed E-state index contributed by atoms with van der Waals surface area (Å²) in [5.41, 5.74) is 5.66. The van der Waals surface area contributed by atoms with E-state index in [9.17, 15) is 9.90 Å². The molecule has 1 aliphatic heterocycles. The minimum atomic E-state index is -1.33. The SMILES string of the molecule is COc1cccc(-c2ncc3snc(OC(Cc4ccccc4OCc4ccnc(-c5ccccc5OC)n4)C(=O)O)c3c2-c2ccc(OCCN3CCN(C)CC3)c(Cl)c2C)c1. The van der Waals surface area contributed by atoms with Crippen LogP contribution < -0.4 is 23.7 Å². The molecule has 3 aromatic heterocycles. The van der Waals surface area contributed by atoms with Gasteiger partial charge in [0.05, 0.1) is 46.3 Å². The maximum Gasteiger partial charge on any atom is 0.345 e. The first kappa shape index (κ1) is 43.3. The van der Waals surface area contributed by atoms with Crippen molar-refractivity contribution in [1.29, 1.82) is 0 Å². The van der Waals surface area contributed by atoms with E-state index in [1.165, 1.54) is 11.5 Å². The van der Waals surface area contributed by atoms with Crippen molar-refractivity contribution in [3.63, 3.8) is 0 Å². The number of aliphatic carboxylic acids is 1. The van der Waals surface area contributed by atoms with Crippen LogP contribution in [0.1, 0.15) is 16.8 Å². The van der Waals surface area contributed by atoms with Gasteiger partial charge >= 0.3 is 5.97 Å². The number of ether oxygens (including phenoxy) is 5. The van der Waals surface area contributed by atoms with Gasteiger partial charge in [-0.15, -0.1) is 0 Å². The van der Waals surface area contributed by atoms with Crippen molar-refractivity contribution in [2.75, 3.05) is 60.6 Å². The van der Waals surface area contributed by atoms with Crippen LogP contribution in [0.5, 0.6) is 28.9 Å². The summed E-state index contributed by atoms with van der Waals surface area (Å²) < 4.78 is 35.5. The monoisotopic (exact) mass is 886 g/mol. The molecule has 8 rings (SSSR count). The minimum absolute atomic E-state index is 0.0189. The average molecular weight is 887 g/mol. The smallest absolute Gasteiger partial charge is 0.345 e. The molecule has 0 aliphatic carbocycles. The first-order chi connectivity index (χ1) is 30.7. The lowest BCUT2D eigenvalue weighted by atomic mass is 9.93. The van der Waals surface area contributed by atoms with Crippen LogP contribution >= 0.6 is 23.1 Å². The topological polar surface area (TPSA) is 141 Å². The third kappa shape index (κ3) is 9.84. The summed E-state index contributed by atoms with van der Waals surface area (Å²) in [4.78, 5) is 31.9. The molecule has 0 radical (unpaired) electrons. The number of aromatic nitrogens is 4. The molecule has 1 N–H and O–H groups in total. The normalized spacial score (nSPS) is 13.7. The van der Waals surface area contributed by atoms with E-state index >= 15 is 0 Å². The van der Waals surface area contributed by atoms with Crippen LogP contribution in [-0.2, 0) is 17.8 Å². The number of benzene rings is 4. The van der Waals surface area contributed by atoms with Gasteiger partial charge in [0.1, 0.15) is 36.2 Å². The zero-order valence-electron chi connectivity index (χ0n) is 35.4. The van der Waals surface area contributed by atoms with Crippen molar-refractivity contribution in [2.45, 2.75) is 26.1 Å². The van der Waals surface area contributed by atoms with Gasteiger partial charge in [0.15, 0.2) is 5.82 Å². The molecule has 4 aromatic carbocycles. The highest BCUT2D eigenvalue weighted by Crippen LogP contribution is 2.46. The lowest BCUT2D eigenvalue weighted by Gasteiger charge is -2.32. The number of fused-ring (bicyclic) bond motifs is 1. The van der Waals surface area contributed by atoms with Gasteiger partial charge < -0.3 is 33.7 Å². The number of carbonyl (C=O) groups is 1. The van der Waals surface area contributed by atoms with Crippen molar-refractivity contribution >= 4 is 39.2 Å². The zero-order chi connectivity index (χ0) is 43.9. The van der Waals surface area contributed by atoms with Crippen LogP contribution in [0.4, 0.5) is 0 Å². The Morgan fingerprint density at radius 2 is 1.67 bits per heavy atom. The van der Waals surface area contributed by atoms with Crippen molar-refractivity contribution in [2.24, 2.45) is 0 Å². The standard InChI is InChI=1S/C48H47ClN6O7S/c1-30-35(16-17-39(44(30)49)60-25-24-55-22-20-54(2)21-23-55)42-43-41(28-51-45(42)32-11-9-12-34(26-32)58-3)63-53-47(43)62-40(48(56)57)27-31-10-5-7-14-37(31)61-29-33-18-19-50-46(52-33)36-13-6-8-15-38(36)59-4/h5-19,26,28,40H,20-25,27,29H2,1-4H3,(H,56,57). The Morgan fingerprint density at radius 3 is 2.46 bits per heavy atom. The highest BCUT2D eigenvalue weighted by Gasteiger charge is 2.28. The Morgan fingerprint density at radius 1 is 0.873 bits per heavy atom. The van der Waals surface area contributed by atoms with Gasteiger partial charge in [0.25, 0.3) is 0 Å². The summed E-state index contributed by atoms with van der Waals surface area (Å²) in [6, 6.07) is 28.0. The van der Waals surface area contributed by atoms with E-state index in [-0.39, 0.29) is 18.9 Å². The Balaban J connectivity index is 1.09. The van der Waals surface area contributed by atoms with Crippen molar-refractivity contribution in [3.8, 4) is 62.7 Å². The second kappa shape index (κ2) is 19.8. The van der Waals surface area contributed by atoms with Crippen LogP contribution in [0.2, 0.25) is 5.02 Å². The molecule has 1 unspecified atom stereocenters. The number of rotatable bonds is 17. The molecule has 0 saturated carbocycles. The van der Waals surface area contributed by atoms with Crippen molar-refractivity contribution in [3.05, 3.63) is 125 Å². The molecule has 7 aromatic rings. The number of nitrogens with zero attached hydrogens (tertiary/aromatic N) is 6. The zero-order valence-corrected chi connectivity index (χ0v) is 37.0. The van der Waals surface area contributed by atoms with Crippen LogP contribution in [0.25, 0.3) is 43.9 Å². The fourth-order valence-corrected chi connectivity index (χ4v) is 8.47. The van der Waals surface area contributed by atoms with Crippen LogP contribution in [-0.4, -0.2) is 107 Å². The average Bonchev–Trinajstić information content (AvgIpc) is 3.73. The Kier molecular flexibility index (Phi) is 13.6. The van der Waals surface area contributed by atoms with E-state index in [4.69, 9.17) is 45.3 Å². The minimum Gasteiger partial charge on any atom is -0.497 e. The molecule has 1 atom stereocenters. The van der Waals surface area contributed by atoms with Crippen LogP contribution in [0, 0.1) is 6.92 Å². The Labute approximate surface area is 375 Å². The first-order valence-corrected chi connectivity index (χ1v) is 21.7. The molecule has 1 aliphatic rings. The summed E-state index contributed by atoms with van der Waals surface area (Å²) >= 11 is 8.29. The highest BCUT2D eigenvalue weighted by molar-refractivity contribution is 7.13. The van der Waals surface area contributed by atoms with Gasteiger partial charge in [0.2, 0.25) is 12.0 Å². The number of para-hydroxylation sites is 2. The van der Waals surface area contributed by atoms with E-state index in [1.807, 2.05) is 85.8 Å². The van der Waals surface area contributed by atoms with Gasteiger partial charge in [0, 0.05) is 62.7 Å². The van der Waals surface area contributed by atoms with Gasteiger partial charge in [-0.25, -0.2) is 14.8 Å². The Bertz CT molecular complexity index is 2730. The predicted octanol–water partition coefficient (Wildman–Crippen LogP) is 8.74. The second-order valence-corrected chi connectivity index (χ2v) is 16.3. The quantitative estimate of drug-likeness (QED) is 0.0933. The number of likely N-dealkylation sites (N-methyl/N-ethyl adjacent to an activating group) is 1.